The Morgan fingerprint density at radius 2 is 2.25 bits per heavy atom. The Labute approximate surface area is 121 Å². The molecule has 0 spiro atoms. The van der Waals surface area contributed by atoms with Gasteiger partial charge < -0.3 is 14.6 Å². The molecule has 0 saturated heterocycles. The van der Waals surface area contributed by atoms with Crippen molar-refractivity contribution in [1.29, 1.82) is 0 Å². The zero-order valence-electron chi connectivity index (χ0n) is 11.5. The summed E-state index contributed by atoms with van der Waals surface area (Å²) in [5.74, 6) is 2.79. The molecule has 1 N–H and O–H groups in total. The lowest BCUT2D eigenvalue weighted by molar-refractivity contribution is 0.179. The van der Waals surface area contributed by atoms with E-state index < -0.39 is 0 Å². The molecule has 0 atom stereocenters. The number of ether oxygens (including phenoxy) is 1. The van der Waals surface area contributed by atoms with Crippen molar-refractivity contribution in [3.05, 3.63) is 17.5 Å². The van der Waals surface area contributed by atoms with Crippen molar-refractivity contribution in [2.75, 3.05) is 12.4 Å². The van der Waals surface area contributed by atoms with Crippen LogP contribution in [0.25, 0.3) is 0 Å². The van der Waals surface area contributed by atoms with E-state index in [1.54, 1.807) is 7.11 Å². The number of hydrogen-bond donors (Lipinski definition) is 1. The zero-order chi connectivity index (χ0) is 13.8. The molecule has 2 aromatic rings. The molecule has 0 aromatic carbocycles. The molecule has 0 aliphatic carbocycles. The molecule has 0 saturated carbocycles. The predicted octanol–water partition coefficient (Wildman–Crippen LogP) is 1.61. The van der Waals surface area contributed by atoms with Crippen molar-refractivity contribution in [1.82, 2.24) is 24.1 Å². The third kappa shape index (κ3) is 2.96. The molecule has 7 nitrogen and oxygen atoms in total. The molecule has 3 rings (SSSR count). The van der Waals surface area contributed by atoms with E-state index in [2.05, 4.69) is 29.4 Å². The van der Waals surface area contributed by atoms with E-state index in [9.17, 15) is 0 Å². The van der Waals surface area contributed by atoms with Gasteiger partial charge >= 0.3 is 0 Å². The van der Waals surface area contributed by atoms with E-state index >= 15 is 0 Å². The Bertz CT molecular complexity index is 566. The summed E-state index contributed by atoms with van der Waals surface area (Å²) in [4.78, 5) is 4.34. The molecule has 0 bridgehead atoms. The van der Waals surface area contributed by atoms with Gasteiger partial charge in [0.1, 0.15) is 12.4 Å². The Morgan fingerprint density at radius 3 is 3.15 bits per heavy atom. The van der Waals surface area contributed by atoms with Crippen LogP contribution in [0.1, 0.15) is 36.7 Å². The van der Waals surface area contributed by atoms with Crippen LogP contribution in [-0.2, 0) is 30.9 Å². The molecule has 20 heavy (non-hydrogen) atoms. The number of hydrogen-bond acceptors (Lipinski definition) is 7. The fourth-order valence-electron chi connectivity index (χ4n) is 2.34. The maximum atomic E-state index is 5.01. The average molecular weight is 294 g/mol. The largest absolute Gasteiger partial charge is 0.377 e. The van der Waals surface area contributed by atoms with Crippen molar-refractivity contribution < 1.29 is 4.74 Å². The van der Waals surface area contributed by atoms with Gasteiger partial charge in [0.25, 0.3) is 0 Å². The van der Waals surface area contributed by atoms with Gasteiger partial charge in [0.2, 0.25) is 5.13 Å². The summed E-state index contributed by atoms with van der Waals surface area (Å²) in [6.45, 7) is 2.09. The van der Waals surface area contributed by atoms with Crippen LogP contribution < -0.4 is 5.32 Å². The first kappa shape index (κ1) is 13.4. The van der Waals surface area contributed by atoms with Gasteiger partial charge in [-0.25, -0.2) is 4.98 Å². The molecule has 8 heteroatoms. The minimum absolute atomic E-state index is 0.443. The maximum Gasteiger partial charge on any atom is 0.203 e. The van der Waals surface area contributed by atoms with Gasteiger partial charge in [0.15, 0.2) is 11.6 Å². The van der Waals surface area contributed by atoms with Crippen LogP contribution in [0.3, 0.4) is 0 Å². The van der Waals surface area contributed by atoms with Crippen molar-refractivity contribution in [2.45, 2.75) is 45.4 Å². The summed E-state index contributed by atoms with van der Waals surface area (Å²) in [6, 6.07) is 0. The second-order valence-corrected chi connectivity index (χ2v) is 5.55. The van der Waals surface area contributed by atoms with E-state index in [1.807, 2.05) is 0 Å². The van der Waals surface area contributed by atoms with Crippen molar-refractivity contribution >= 4 is 16.7 Å². The first-order valence-corrected chi connectivity index (χ1v) is 7.60. The number of aryl methyl sites for hydroxylation is 1. The fraction of sp³-hybridized carbons (Fsp3) is 0.667. The Hall–Kier alpha value is -1.54. The van der Waals surface area contributed by atoms with Crippen LogP contribution in [-0.4, -0.2) is 31.2 Å². The molecule has 0 fully saturated rings. The second kappa shape index (κ2) is 6.27. The topological polar surface area (TPSA) is 77.8 Å². The lowest BCUT2D eigenvalue weighted by atomic mass is 10.2. The summed E-state index contributed by atoms with van der Waals surface area (Å²) in [5, 5.41) is 12.6. The number of rotatable bonds is 5. The van der Waals surface area contributed by atoms with E-state index in [4.69, 9.17) is 4.74 Å². The molecule has 0 amide bonds. The van der Waals surface area contributed by atoms with Gasteiger partial charge in [-0.1, -0.05) is 6.42 Å². The number of nitrogens with one attached hydrogen (secondary N) is 1. The number of nitrogens with zero attached hydrogens (tertiary/aromatic N) is 5. The molecule has 108 valence electrons. The number of methoxy groups -OCH3 is 1. The third-order valence-electron chi connectivity index (χ3n) is 3.33. The average Bonchev–Trinajstić information content (AvgIpc) is 2.98. The molecule has 1 aliphatic rings. The normalized spacial score (nSPS) is 14.8. The van der Waals surface area contributed by atoms with E-state index in [1.165, 1.54) is 30.8 Å². The van der Waals surface area contributed by atoms with Gasteiger partial charge in [-0.05, 0) is 12.8 Å². The van der Waals surface area contributed by atoms with Crippen LogP contribution in [0.5, 0.6) is 0 Å². The highest BCUT2D eigenvalue weighted by Gasteiger charge is 2.14. The molecule has 2 aromatic heterocycles. The number of aromatic nitrogens is 5. The Morgan fingerprint density at radius 1 is 1.30 bits per heavy atom. The summed E-state index contributed by atoms with van der Waals surface area (Å²) in [6.07, 6.45) is 4.72. The minimum atomic E-state index is 0.443. The molecule has 0 radical (unpaired) electrons. The van der Waals surface area contributed by atoms with Crippen LogP contribution in [0, 0.1) is 0 Å². The van der Waals surface area contributed by atoms with Gasteiger partial charge in [-0.15, -0.1) is 10.2 Å². The first-order chi connectivity index (χ1) is 9.86. The lowest BCUT2D eigenvalue weighted by Crippen LogP contribution is -2.10. The van der Waals surface area contributed by atoms with Crippen LogP contribution >= 0.6 is 11.5 Å². The van der Waals surface area contributed by atoms with E-state index in [-0.39, 0.29) is 0 Å². The smallest absolute Gasteiger partial charge is 0.203 e. The van der Waals surface area contributed by atoms with Crippen molar-refractivity contribution in [3.8, 4) is 0 Å². The molecular weight excluding hydrogens is 276 g/mol. The van der Waals surface area contributed by atoms with E-state index in [0.29, 0.717) is 19.0 Å². The van der Waals surface area contributed by atoms with Gasteiger partial charge in [0, 0.05) is 31.6 Å². The van der Waals surface area contributed by atoms with Crippen LogP contribution in [0.2, 0.25) is 0 Å². The SMILES string of the molecule is COCc1nsc(NCc2nnc3n2CCCCC3)n1. The summed E-state index contributed by atoms with van der Waals surface area (Å²) in [5.41, 5.74) is 0. The zero-order valence-corrected chi connectivity index (χ0v) is 12.3. The van der Waals surface area contributed by atoms with Gasteiger partial charge in [-0.3, -0.25) is 0 Å². The van der Waals surface area contributed by atoms with Crippen LogP contribution in [0.15, 0.2) is 0 Å². The standard InChI is InChI=1S/C12H18N6OS/c1-19-8-9-14-12(20-17-9)13-7-11-16-15-10-5-3-2-4-6-18(10)11/h2-8H2,1H3,(H,13,14,17). The first-order valence-electron chi connectivity index (χ1n) is 6.83. The molecule has 1 aliphatic heterocycles. The lowest BCUT2D eigenvalue weighted by Gasteiger charge is -2.06. The molecule has 0 unspecified atom stereocenters. The quantitative estimate of drug-likeness (QED) is 0.902. The van der Waals surface area contributed by atoms with Gasteiger partial charge in [-0.2, -0.15) is 4.37 Å². The Balaban J connectivity index is 1.64. The predicted molar refractivity (Wildman–Crippen MR) is 75.5 cm³/mol. The van der Waals surface area contributed by atoms with Crippen molar-refractivity contribution in [3.63, 3.8) is 0 Å². The van der Waals surface area contributed by atoms with Crippen molar-refractivity contribution in [2.24, 2.45) is 0 Å². The number of anilines is 1. The monoisotopic (exact) mass is 294 g/mol. The molecular formula is C12H18N6OS. The Kier molecular flexibility index (Phi) is 4.22. The van der Waals surface area contributed by atoms with Gasteiger partial charge in [0.05, 0.1) is 6.54 Å². The highest BCUT2D eigenvalue weighted by molar-refractivity contribution is 7.09. The fourth-order valence-corrected chi connectivity index (χ4v) is 2.91. The second-order valence-electron chi connectivity index (χ2n) is 4.80. The molecule has 3 heterocycles. The summed E-state index contributed by atoms with van der Waals surface area (Å²) in [7, 11) is 1.64. The van der Waals surface area contributed by atoms with E-state index in [0.717, 1.165) is 29.7 Å². The summed E-state index contributed by atoms with van der Waals surface area (Å²) < 4.78 is 11.4. The summed E-state index contributed by atoms with van der Waals surface area (Å²) >= 11 is 1.34. The highest BCUT2D eigenvalue weighted by atomic mass is 32.1. The maximum absolute atomic E-state index is 5.01. The minimum Gasteiger partial charge on any atom is -0.377 e. The van der Waals surface area contributed by atoms with Crippen LogP contribution in [0.4, 0.5) is 5.13 Å². The third-order valence-corrected chi connectivity index (χ3v) is 4.04. The number of fused-ring (bicyclic) bond motifs is 1. The highest BCUT2D eigenvalue weighted by Crippen LogP contribution is 2.16.